The Kier molecular flexibility index (Phi) is 7.46. The minimum absolute atomic E-state index is 0.147. The van der Waals surface area contributed by atoms with Gasteiger partial charge in [-0.05, 0) is 62.4 Å². The number of aryl methyl sites for hydroxylation is 2. The summed E-state index contributed by atoms with van der Waals surface area (Å²) < 4.78 is 0. The largest absolute Gasteiger partial charge is 0.354 e. The van der Waals surface area contributed by atoms with Crippen molar-refractivity contribution in [2.45, 2.75) is 46.1 Å². The number of hydrogen-bond acceptors (Lipinski definition) is 6. The van der Waals surface area contributed by atoms with Gasteiger partial charge < -0.3 is 20.0 Å². The monoisotopic (exact) mass is 464 g/mol. The summed E-state index contributed by atoms with van der Waals surface area (Å²) in [6.45, 7) is 10.6. The van der Waals surface area contributed by atoms with E-state index < -0.39 is 11.8 Å². The van der Waals surface area contributed by atoms with Crippen molar-refractivity contribution in [1.29, 1.82) is 0 Å². The average molecular weight is 465 g/mol. The molecular weight excluding hydrogens is 428 g/mol. The molecule has 2 amide bonds. The molecule has 8 heteroatoms. The summed E-state index contributed by atoms with van der Waals surface area (Å²) >= 11 is 0. The van der Waals surface area contributed by atoms with Gasteiger partial charge in [-0.3, -0.25) is 14.6 Å². The van der Waals surface area contributed by atoms with Crippen molar-refractivity contribution in [3.63, 3.8) is 0 Å². The fourth-order valence-corrected chi connectivity index (χ4v) is 4.86. The van der Waals surface area contributed by atoms with Crippen LogP contribution in [0.25, 0.3) is 0 Å². The van der Waals surface area contributed by atoms with Crippen molar-refractivity contribution in [3.05, 3.63) is 47.4 Å². The van der Waals surface area contributed by atoms with Gasteiger partial charge >= 0.3 is 11.8 Å². The van der Waals surface area contributed by atoms with Crippen molar-refractivity contribution in [2.75, 3.05) is 50.0 Å². The number of anilines is 2. The first-order chi connectivity index (χ1) is 16.4. The Balaban J connectivity index is 1.48. The van der Waals surface area contributed by atoms with Crippen molar-refractivity contribution < 1.29 is 9.59 Å². The van der Waals surface area contributed by atoms with E-state index in [-0.39, 0.29) is 6.04 Å². The Hall–Kier alpha value is -3.00. The van der Waals surface area contributed by atoms with Crippen LogP contribution in [-0.2, 0) is 16.0 Å². The molecule has 1 unspecified atom stereocenters. The average Bonchev–Trinajstić information content (AvgIpc) is 2.85. The van der Waals surface area contributed by atoms with Crippen LogP contribution < -0.4 is 10.2 Å². The van der Waals surface area contributed by atoms with Crippen LogP contribution in [-0.4, -0.2) is 71.4 Å². The van der Waals surface area contributed by atoms with Gasteiger partial charge in [0.1, 0.15) is 5.82 Å². The first kappa shape index (κ1) is 24.1. The van der Waals surface area contributed by atoms with Gasteiger partial charge in [-0.15, -0.1) is 0 Å². The highest BCUT2D eigenvalue weighted by molar-refractivity contribution is 6.39. The lowest BCUT2D eigenvalue weighted by Crippen LogP contribution is -2.46. The minimum Gasteiger partial charge on any atom is -0.354 e. The second-order valence-corrected chi connectivity index (χ2v) is 9.67. The zero-order chi connectivity index (χ0) is 24.2. The first-order valence-corrected chi connectivity index (χ1v) is 12.3. The van der Waals surface area contributed by atoms with E-state index in [4.69, 9.17) is 4.98 Å². The van der Waals surface area contributed by atoms with E-state index in [1.54, 1.807) is 11.1 Å². The second-order valence-electron chi connectivity index (χ2n) is 9.67. The van der Waals surface area contributed by atoms with Crippen LogP contribution in [0.2, 0.25) is 0 Å². The van der Waals surface area contributed by atoms with Crippen LogP contribution in [0.1, 0.15) is 49.6 Å². The molecular formula is C26H36N6O2. The number of nitrogens with zero attached hydrogens (tertiary/aromatic N) is 5. The van der Waals surface area contributed by atoms with E-state index in [0.29, 0.717) is 18.2 Å². The maximum atomic E-state index is 13.3. The zero-order valence-corrected chi connectivity index (χ0v) is 20.8. The van der Waals surface area contributed by atoms with Crippen LogP contribution in [0.3, 0.4) is 0 Å². The maximum absolute atomic E-state index is 13.3. The summed E-state index contributed by atoms with van der Waals surface area (Å²) in [6.07, 6.45) is 6.14. The summed E-state index contributed by atoms with van der Waals surface area (Å²) in [7, 11) is 2.14. The Morgan fingerprint density at radius 1 is 1.09 bits per heavy atom. The van der Waals surface area contributed by atoms with Crippen molar-refractivity contribution in [3.8, 4) is 0 Å². The van der Waals surface area contributed by atoms with Crippen molar-refractivity contribution in [1.82, 2.24) is 19.8 Å². The summed E-state index contributed by atoms with van der Waals surface area (Å²) in [5.74, 6) is 0.195. The lowest BCUT2D eigenvalue weighted by molar-refractivity contribution is -0.146. The molecule has 2 aliphatic heterocycles. The highest BCUT2D eigenvalue weighted by Crippen LogP contribution is 2.34. The van der Waals surface area contributed by atoms with Crippen LogP contribution in [0.5, 0.6) is 0 Å². The van der Waals surface area contributed by atoms with Gasteiger partial charge in [0, 0.05) is 44.6 Å². The third-order valence-electron chi connectivity index (χ3n) is 7.09. The number of pyridine rings is 2. The highest BCUT2D eigenvalue weighted by atomic mass is 16.2. The third kappa shape index (κ3) is 5.38. The number of piperazine rings is 1. The maximum Gasteiger partial charge on any atom is 0.313 e. The Labute approximate surface area is 202 Å². The predicted molar refractivity (Wildman–Crippen MR) is 134 cm³/mol. The Bertz CT molecular complexity index is 1020. The molecule has 34 heavy (non-hydrogen) atoms. The van der Waals surface area contributed by atoms with Crippen LogP contribution in [0, 0.1) is 12.8 Å². The number of carbonyl (C=O) groups is 2. The van der Waals surface area contributed by atoms with Crippen molar-refractivity contribution >= 4 is 23.3 Å². The SMILES string of the molecule is CCc1cc(NC(=O)C(=O)N2C[C@@H](C)CCC2c2ccc(N3CCN(C)CC3)nc2)cnc1C. The fraction of sp³-hybridized carbons (Fsp3) is 0.538. The van der Waals surface area contributed by atoms with E-state index in [0.717, 1.165) is 68.1 Å². The Morgan fingerprint density at radius 2 is 1.85 bits per heavy atom. The van der Waals surface area contributed by atoms with Gasteiger partial charge in [-0.1, -0.05) is 19.9 Å². The number of hydrogen-bond donors (Lipinski definition) is 1. The summed E-state index contributed by atoms with van der Waals surface area (Å²) in [5, 5.41) is 2.76. The number of likely N-dealkylation sites (N-methyl/N-ethyl adjacent to an activating group) is 1. The zero-order valence-electron chi connectivity index (χ0n) is 20.8. The molecule has 2 aliphatic rings. The third-order valence-corrected chi connectivity index (χ3v) is 7.09. The number of aromatic nitrogens is 2. The minimum atomic E-state index is -0.617. The topological polar surface area (TPSA) is 81.7 Å². The number of amides is 2. The van der Waals surface area contributed by atoms with Gasteiger partial charge in [0.25, 0.3) is 0 Å². The molecule has 0 bridgehead atoms. The predicted octanol–water partition coefficient (Wildman–Crippen LogP) is 3.04. The molecule has 2 atom stereocenters. The van der Waals surface area contributed by atoms with E-state index in [2.05, 4.69) is 40.1 Å². The molecule has 4 heterocycles. The van der Waals surface area contributed by atoms with Gasteiger partial charge in [0.05, 0.1) is 17.9 Å². The normalized spacial score (nSPS) is 21.4. The smallest absolute Gasteiger partial charge is 0.313 e. The molecule has 0 aromatic carbocycles. The molecule has 0 aliphatic carbocycles. The molecule has 2 saturated heterocycles. The summed E-state index contributed by atoms with van der Waals surface area (Å²) in [5.41, 5.74) is 3.53. The van der Waals surface area contributed by atoms with E-state index in [1.807, 2.05) is 32.2 Å². The molecule has 2 aromatic heterocycles. The lowest BCUT2D eigenvalue weighted by Gasteiger charge is -2.38. The molecule has 2 fully saturated rings. The first-order valence-electron chi connectivity index (χ1n) is 12.3. The molecule has 2 aromatic rings. The van der Waals surface area contributed by atoms with Gasteiger partial charge in [0.2, 0.25) is 0 Å². The Morgan fingerprint density at radius 3 is 2.53 bits per heavy atom. The standard InChI is InChI=1S/C26H36N6O2/c1-5-20-14-22(16-27-19(20)3)29-25(33)26(34)32-17-18(2)6-8-23(32)21-7-9-24(28-15-21)31-12-10-30(4)11-13-31/h7,9,14-16,18,23H,5-6,8,10-13,17H2,1-4H3,(H,29,33)/t18-,23?/m0/s1. The van der Waals surface area contributed by atoms with Crippen LogP contribution in [0.15, 0.2) is 30.6 Å². The quantitative estimate of drug-likeness (QED) is 0.701. The lowest BCUT2D eigenvalue weighted by atomic mass is 9.90. The number of carbonyl (C=O) groups excluding carboxylic acids is 2. The van der Waals surface area contributed by atoms with Gasteiger partial charge in [-0.25, -0.2) is 4.98 Å². The van der Waals surface area contributed by atoms with Crippen LogP contribution >= 0.6 is 0 Å². The molecule has 0 spiro atoms. The molecule has 8 nitrogen and oxygen atoms in total. The number of likely N-dealkylation sites (tertiary alicyclic amines) is 1. The molecule has 4 rings (SSSR count). The number of nitrogens with one attached hydrogen (secondary N) is 1. The number of rotatable bonds is 4. The molecule has 0 saturated carbocycles. The second kappa shape index (κ2) is 10.5. The number of piperidine rings is 1. The molecule has 182 valence electrons. The highest BCUT2D eigenvalue weighted by Gasteiger charge is 2.34. The van der Waals surface area contributed by atoms with E-state index in [9.17, 15) is 9.59 Å². The summed E-state index contributed by atoms with van der Waals surface area (Å²) in [6, 6.07) is 5.86. The van der Waals surface area contributed by atoms with Crippen molar-refractivity contribution in [2.24, 2.45) is 5.92 Å². The molecule has 0 radical (unpaired) electrons. The van der Waals surface area contributed by atoms with Gasteiger partial charge in [0.15, 0.2) is 0 Å². The van der Waals surface area contributed by atoms with Gasteiger partial charge in [-0.2, -0.15) is 0 Å². The van der Waals surface area contributed by atoms with Crippen LogP contribution in [0.4, 0.5) is 11.5 Å². The van der Waals surface area contributed by atoms with E-state index in [1.165, 1.54) is 0 Å². The van der Waals surface area contributed by atoms with E-state index >= 15 is 0 Å². The summed E-state index contributed by atoms with van der Waals surface area (Å²) in [4.78, 5) is 41.6. The molecule has 1 N–H and O–H groups in total. The fourth-order valence-electron chi connectivity index (χ4n) is 4.86.